The number of aromatic amines is 1. The van der Waals surface area contributed by atoms with E-state index in [9.17, 15) is 4.79 Å². The van der Waals surface area contributed by atoms with Crippen LogP contribution in [0.2, 0.25) is 0 Å². The van der Waals surface area contributed by atoms with Gasteiger partial charge in [0.25, 0.3) is 5.91 Å². The Morgan fingerprint density at radius 2 is 1.96 bits per heavy atom. The van der Waals surface area contributed by atoms with Crippen molar-refractivity contribution in [3.8, 4) is 5.69 Å². The molecule has 1 amide bonds. The van der Waals surface area contributed by atoms with Crippen LogP contribution in [-0.4, -0.2) is 42.6 Å². The first kappa shape index (κ1) is 15.9. The van der Waals surface area contributed by atoms with E-state index >= 15 is 0 Å². The Hall–Kier alpha value is -3.55. The molecule has 0 unspecified atom stereocenters. The Labute approximate surface area is 149 Å². The van der Waals surface area contributed by atoms with Crippen molar-refractivity contribution in [3.63, 3.8) is 0 Å². The number of hydrogen-bond acceptors (Lipinski definition) is 5. The molecule has 2 aromatic heterocycles. The second-order valence-corrected chi connectivity index (χ2v) is 5.86. The zero-order chi connectivity index (χ0) is 17.8. The molecule has 0 saturated carbocycles. The van der Waals surface area contributed by atoms with Crippen LogP contribution in [0.25, 0.3) is 16.7 Å². The summed E-state index contributed by atoms with van der Waals surface area (Å²) < 4.78 is 1.54. The monoisotopic (exact) mass is 347 g/mol. The number of aryl methyl sites for hydroxylation is 1. The standard InChI is InChI=1S/C18H17N7O/c26-18(13-7-9-14(10-8-13)25-12-20-23-24-25)19-11-3-6-17-21-15-4-1-2-5-16(15)22-17/h1-2,4-5,7-10,12H,3,6,11H2,(H,19,26)(H,21,22). The van der Waals surface area contributed by atoms with Gasteiger partial charge in [-0.25, -0.2) is 9.67 Å². The number of aromatic nitrogens is 6. The molecule has 0 bridgehead atoms. The van der Waals surface area contributed by atoms with Crippen LogP contribution < -0.4 is 5.32 Å². The van der Waals surface area contributed by atoms with Gasteiger partial charge in [0.05, 0.1) is 16.7 Å². The van der Waals surface area contributed by atoms with Crippen LogP contribution in [0.15, 0.2) is 54.9 Å². The average molecular weight is 347 g/mol. The van der Waals surface area contributed by atoms with Gasteiger partial charge in [-0.3, -0.25) is 4.79 Å². The number of rotatable bonds is 6. The third-order valence-corrected chi connectivity index (χ3v) is 4.06. The van der Waals surface area contributed by atoms with Gasteiger partial charge < -0.3 is 10.3 Å². The molecule has 0 radical (unpaired) electrons. The van der Waals surface area contributed by atoms with Crippen molar-refractivity contribution in [1.82, 2.24) is 35.5 Å². The fourth-order valence-electron chi connectivity index (χ4n) is 2.73. The van der Waals surface area contributed by atoms with Crippen LogP contribution in [0, 0.1) is 0 Å². The fourth-order valence-corrected chi connectivity index (χ4v) is 2.73. The number of para-hydroxylation sites is 2. The molecule has 0 aliphatic rings. The van der Waals surface area contributed by atoms with Crippen molar-refractivity contribution in [2.75, 3.05) is 6.54 Å². The lowest BCUT2D eigenvalue weighted by atomic mass is 10.2. The Morgan fingerprint density at radius 1 is 1.12 bits per heavy atom. The minimum absolute atomic E-state index is 0.0992. The van der Waals surface area contributed by atoms with Crippen molar-refractivity contribution < 1.29 is 4.79 Å². The van der Waals surface area contributed by atoms with Crippen LogP contribution in [0.4, 0.5) is 0 Å². The number of hydrogen-bond donors (Lipinski definition) is 2. The van der Waals surface area contributed by atoms with E-state index in [1.165, 1.54) is 11.0 Å². The maximum absolute atomic E-state index is 12.2. The summed E-state index contributed by atoms with van der Waals surface area (Å²) in [4.78, 5) is 20.0. The summed E-state index contributed by atoms with van der Waals surface area (Å²) in [6, 6.07) is 15.1. The molecule has 26 heavy (non-hydrogen) atoms. The van der Waals surface area contributed by atoms with Crippen LogP contribution in [0.5, 0.6) is 0 Å². The molecule has 2 heterocycles. The van der Waals surface area contributed by atoms with Crippen LogP contribution >= 0.6 is 0 Å². The number of imidazole rings is 1. The number of benzene rings is 2. The molecule has 0 spiro atoms. The molecule has 0 saturated heterocycles. The number of nitrogens with one attached hydrogen (secondary N) is 2. The summed E-state index contributed by atoms with van der Waals surface area (Å²) in [5.41, 5.74) is 3.41. The Kier molecular flexibility index (Phi) is 4.38. The number of carbonyl (C=O) groups is 1. The Morgan fingerprint density at radius 3 is 2.73 bits per heavy atom. The van der Waals surface area contributed by atoms with E-state index in [4.69, 9.17) is 0 Å². The normalized spacial score (nSPS) is 10.9. The van der Waals surface area contributed by atoms with Gasteiger partial charge in [-0.15, -0.1) is 5.10 Å². The molecule has 4 rings (SSSR count). The molecule has 0 aliphatic carbocycles. The number of amides is 1. The van der Waals surface area contributed by atoms with E-state index in [1.54, 1.807) is 24.3 Å². The molecule has 2 N–H and O–H groups in total. The molecule has 8 nitrogen and oxygen atoms in total. The van der Waals surface area contributed by atoms with Crippen molar-refractivity contribution in [2.24, 2.45) is 0 Å². The summed E-state index contributed by atoms with van der Waals surface area (Å²) in [6.45, 7) is 0.588. The van der Waals surface area contributed by atoms with E-state index in [0.29, 0.717) is 12.1 Å². The summed E-state index contributed by atoms with van der Waals surface area (Å²) >= 11 is 0. The van der Waals surface area contributed by atoms with Gasteiger partial charge in [0.15, 0.2) is 0 Å². The van der Waals surface area contributed by atoms with Crippen LogP contribution in [-0.2, 0) is 6.42 Å². The third kappa shape index (κ3) is 3.44. The third-order valence-electron chi connectivity index (χ3n) is 4.06. The second-order valence-electron chi connectivity index (χ2n) is 5.86. The molecule has 4 aromatic rings. The zero-order valence-corrected chi connectivity index (χ0v) is 14.0. The van der Waals surface area contributed by atoms with E-state index in [0.717, 1.165) is 35.4 Å². The van der Waals surface area contributed by atoms with E-state index < -0.39 is 0 Å². The number of tetrazole rings is 1. The second kappa shape index (κ2) is 7.14. The van der Waals surface area contributed by atoms with Gasteiger partial charge in [0.2, 0.25) is 0 Å². The highest BCUT2D eigenvalue weighted by Gasteiger charge is 2.07. The highest BCUT2D eigenvalue weighted by Crippen LogP contribution is 2.11. The van der Waals surface area contributed by atoms with Crippen molar-refractivity contribution in [1.29, 1.82) is 0 Å². The number of H-pyrrole nitrogens is 1. The summed E-state index contributed by atoms with van der Waals surface area (Å²) in [5.74, 6) is 0.837. The SMILES string of the molecule is O=C(NCCCc1nc2ccccc2[nH]1)c1ccc(-n2cnnn2)cc1. The Bertz CT molecular complexity index is 973. The summed E-state index contributed by atoms with van der Waals surface area (Å²) in [7, 11) is 0. The van der Waals surface area contributed by atoms with E-state index in [-0.39, 0.29) is 5.91 Å². The predicted octanol–water partition coefficient (Wildman–Crippen LogP) is 1.90. The maximum Gasteiger partial charge on any atom is 0.251 e. The first-order valence-corrected chi connectivity index (χ1v) is 8.35. The first-order chi connectivity index (χ1) is 12.8. The molecule has 2 aromatic carbocycles. The molecule has 0 atom stereocenters. The van der Waals surface area contributed by atoms with Crippen LogP contribution in [0.3, 0.4) is 0 Å². The summed E-state index contributed by atoms with van der Waals surface area (Å²) in [6.07, 6.45) is 3.11. The molecule has 130 valence electrons. The molecule has 0 aliphatic heterocycles. The van der Waals surface area contributed by atoms with Crippen molar-refractivity contribution >= 4 is 16.9 Å². The van der Waals surface area contributed by atoms with Gasteiger partial charge in [-0.05, 0) is 53.2 Å². The maximum atomic E-state index is 12.2. The molecular formula is C18H17N7O. The van der Waals surface area contributed by atoms with Crippen LogP contribution in [0.1, 0.15) is 22.6 Å². The first-order valence-electron chi connectivity index (χ1n) is 8.35. The quantitative estimate of drug-likeness (QED) is 0.519. The largest absolute Gasteiger partial charge is 0.352 e. The number of nitrogens with zero attached hydrogens (tertiary/aromatic N) is 5. The minimum atomic E-state index is -0.0992. The van der Waals surface area contributed by atoms with Gasteiger partial charge in [0, 0.05) is 18.5 Å². The van der Waals surface area contributed by atoms with E-state index in [1.807, 2.05) is 24.3 Å². The number of carbonyl (C=O) groups excluding carboxylic acids is 1. The lowest BCUT2D eigenvalue weighted by Crippen LogP contribution is -2.24. The van der Waals surface area contributed by atoms with Gasteiger partial charge in [-0.1, -0.05) is 12.1 Å². The highest BCUT2D eigenvalue weighted by atomic mass is 16.1. The zero-order valence-electron chi connectivity index (χ0n) is 14.0. The minimum Gasteiger partial charge on any atom is -0.352 e. The lowest BCUT2D eigenvalue weighted by Gasteiger charge is -2.05. The van der Waals surface area contributed by atoms with E-state index in [2.05, 4.69) is 30.8 Å². The van der Waals surface area contributed by atoms with Crippen molar-refractivity contribution in [3.05, 3.63) is 66.2 Å². The topological polar surface area (TPSA) is 101 Å². The lowest BCUT2D eigenvalue weighted by molar-refractivity contribution is 0.0953. The van der Waals surface area contributed by atoms with Gasteiger partial charge >= 0.3 is 0 Å². The van der Waals surface area contributed by atoms with Crippen molar-refractivity contribution in [2.45, 2.75) is 12.8 Å². The molecule has 0 fully saturated rings. The van der Waals surface area contributed by atoms with Gasteiger partial charge in [0.1, 0.15) is 12.2 Å². The molecule has 8 heteroatoms. The number of fused-ring (bicyclic) bond motifs is 1. The average Bonchev–Trinajstić information content (AvgIpc) is 3.34. The van der Waals surface area contributed by atoms with Gasteiger partial charge in [-0.2, -0.15) is 0 Å². The predicted molar refractivity (Wildman–Crippen MR) is 95.9 cm³/mol. The Balaban J connectivity index is 1.28. The highest BCUT2D eigenvalue weighted by molar-refractivity contribution is 5.94. The fraction of sp³-hybridized carbons (Fsp3) is 0.167. The smallest absolute Gasteiger partial charge is 0.251 e. The molecular weight excluding hydrogens is 330 g/mol. The summed E-state index contributed by atoms with van der Waals surface area (Å²) in [5, 5.41) is 13.9.